The molecular weight excluding hydrogens is 230 g/mol. The Morgan fingerprint density at radius 1 is 1.44 bits per heavy atom. The average Bonchev–Trinajstić information content (AvgIpc) is 2.64. The molecule has 0 atom stereocenters. The van der Waals surface area contributed by atoms with Gasteiger partial charge < -0.3 is 10.2 Å². The lowest BCUT2D eigenvalue weighted by atomic mass is 10.4. The highest BCUT2D eigenvalue weighted by atomic mass is 16.2. The van der Waals surface area contributed by atoms with Gasteiger partial charge in [-0.05, 0) is 20.0 Å². The summed E-state index contributed by atoms with van der Waals surface area (Å²) in [6.07, 6.45) is 0. The topological polar surface area (TPSA) is 62.2 Å². The third kappa shape index (κ3) is 4.37. The second kappa shape index (κ2) is 7.00. The molecule has 0 aliphatic rings. The third-order valence-electron chi connectivity index (χ3n) is 2.96. The normalized spacial score (nSPS) is 10.7. The summed E-state index contributed by atoms with van der Waals surface area (Å²) >= 11 is 0. The van der Waals surface area contributed by atoms with Gasteiger partial charge in [-0.1, -0.05) is 13.8 Å². The Hall–Kier alpha value is -1.56. The van der Waals surface area contributed by atoms with Crippen molar-refractivity contribution in [3.05, 3.63) is 11.8 Å². The molecule has 2 amide bonds. The number of aromatic nitrogens is 2. The molecule has 0 bridgehead atoms. The van der Waals surface area contributed by atoms with E-state index in [1.165, 1.54) is 0 Å². The highest BCUT2D eigenvalue weighted by Gasteiger charge is 2.06. The van der Waals surface area contributed by atoms with Crippen molar-refractivity contribution in [2.45, 2.75) is 20.8 Å². The molecule has 1 heterocycles. The van der Waals surface area contributed by atoms with E-state index in [2.05, 4.69) is 34.5 Å². The highest BCUT2D eigenvalue weighted by Crippen LogP contribution is 2.05. The van der Waals surface area contributed by atoms with Gasteiger partial charge in [0.25, 0.3) is 0 Å². The first-order chi connectivity index (χ1) is 8.56. The number of aryl methyl sites for hydroxylation is 2. The van der Waals surface area contributed by atoms with E-state index < -0.39 is 0 Å². The van der Waals surface area contributed by atoms with E-state index in [1.54, 1.807) is 4.68 Å². The summed E-state index contributed by atoms with van der Waals surface area (Å²) in [6, 6.07) is 1.63. The number of nitrogens with one attached hydrogen (secondary N) is 2. The number of hydrogen-bond donors (Lipinski definition) is 2. The summed E-state index contributed by atoms with van der Waals surface area (Å²) in [7, 11) is 1.85. The van der Waals surface area contributed by atoms with E-state index in [1.807, 2.05) is 20.0 Å². The molecule has 0 aliphatic heterocycles. The van der Waals surface area contributed by atoms with Gasteiger partial charge in [-0.25, -0.2) is 4.79 Å². The Morgan fingerprint density at radius 2 is 2.11 bits per heavy atom. The molecule has 1 aromatic heterocycles. The molecule has 6 nitrogen and oxygen atoms in total. The predicted octanol–water partition coefficient (Wildman–Crippen LogP) is 1.19. The quantitative estimate of drug-likeness (QED) is 0.800. The molecule has 1 rings (SSSR count). The van der Waals surface area contributed by atoms with Gasteiger partial charge in [-0.15, -0.1) is 0 Å². The van der Waals surface area contributed by atoms with Gasteiger partial charge in [0.15, 0.2) is 5.82 Å². The van der Waals surface area contributed by atoms with Gasteiger partial charge in [0, 0.05) is 31.9 Å². The van der Waals surface area contributed by atoms with Crippen LogP contribution < -0.4 is 10.6 Å². The molecule has 0 aromatic carbocycles. The van der Waals surface area contributed by atoms with Crippen molar-refractivity contribution in [3.63, 3.8) is 0 Å². The molecule has 0 saturated heterocycles. The minimum atomic E-state index is -0.208. The maximum absolute atomic E-state index is 11.6. The monoisotopic (exact) mass is 253 g/mol. The van der Waals surface area contributed by atoms with Crippen LogP contribution in [0.1, 0.15) is 19.5 Å². The van der Waals surface area contributed by atoms with Gasteiger partial charge >= 0.3 is 6.03 Å². The summed E-state index contributed by atoms with van der Waals surface area (Å²) in [4.78, 5) is 13.9. The Kier molecular flexibility index (Phi) is 5.64. The molecular formula is C12H23N5O. The summed E-state index contributed by atoms with van der Waals surface area (Å²) < 4.78 is 1.73. The lowest BCUT2D eigenvalue weighted by Crippen LogP contribution is -2.36. The van der Waals surface area contributed by atoms with Crippen LogP contribution in [-0.2, 0) is 7.05 Å². The van der Waals surface area contributed by atoms with Gasteiger partial charge in [0.2, 0.25) is 0 Å². The Labute approximate surface area is 108 Å². The van der Waals surface area contributed by atoms with E-state index in [9.17, 15) is 4.79 Å². The minimum absolute atomic E-state index is 0.208. The molecule has 0 saturated carbocycles. The highest BCUT2D eigenvalue weighted by molar-refractivity contribution is 5.88. The number of urea groups is 1. The van der Waals surface area contributed by atoms with E-state index in [-0.39, 0.29) is 6.03 Å². The summed E-state index contributed by atoms with van der Waals surface area (Å²) in [5.74, 6) is 0.579. The number of likely N-dealkylation sites (N-methyl/N-ethyl adjacent to an activating group) is 1. The molecule has 0 unspecified atom stereocenters. The molecule has 102 valence electrons. The number of rotatable bonds is 6. The molecule has 2 N–H and O–H groups in total. The Morgan fingerprint density at radius 3 is 2.61 bits per heavy atom. The Balaban J connectivity index is 2.29. The fourth-order valence-electron chi connectivity index (χ4n) is 1.65. The van der Waals surface area contributed by atoms with Gasteiger partial charge in [-0.3, -0.25) is 10.00 Å². The van der Waals surface area contributed by atoms with Crippen molar-refractivity contribution in [1.82, 2.24) is 20.0 Å². The van der Waals surface area contributed by atoms with Crippen molar-refractivity contribution in [3.8, 4) is 0 Å². The van der Waals surface area contributed by atoms with Crippen LogP contribution in [0.2, 0.25) is 0 Å². The van der Waals surface area contributed by atoms with Crippen LogP contribution in [0, 0.1) is 6.92 Å². The number of anilines is 1. The summed E-state index contributed by atoms with van der Waals surface area (Å²) in [5, 5.41) is 9.69. The van der Waals surface area contributed by atoms with Crippen molar-refractivity contribution in [2.24, 2.45) is 7.05 Å². The zero-order chi connectivity index (χ0) is 13.5. The lowest BCUT2D eigenvalue weighted by molar-refractivity contribution is 0.247. The first-order valence-electron chi connectivity index (χ1n) is 6.34. The van der Waals surface area contributed by atoms with E-state index in [0.717, 1.165) is 25.3 Å². The van der Waals surface area contributed by atoms with Crippen molar-refractivity contribution >= 4 is 11.8 Å². The van der Waals surface area contributed by atoms with Crippen LogP contribution in [0.3, 0.4) is 0 Å². The van der Waals surface area contributed by atoms with Crippen LogP contribution in [0.5, 0.6) is 0 Å². The maximum atomic E-state index is 11.6. The van der Waals surface area contributed by atoms with Crippen molar-refractivity contribution < 1.29 is 4.79 Å². The molecule has 0 spiro atoms. The summed E-state index contributed by atoms with van der Waals surface area (Å²) in [5.41, 5.74) is 1.01. The third-order valence-corrected chi connectivity index (χ3v) is 2.96. The number of carbonyl (C=O) groups excluding carboxylic acids is 1. The van der Waals surface area contributed by atoms with E-state index in [0.29, 0.717) is 12.4 Å². The second-order valence-electron chi connectivity index (χ2n) is 4.20. The smallest absolute Gasteiger partial charge is 0.320 e. The predicted molar refractivity (Wildman–Crippen MR) is 72.8 cm³/mol. The lowest BCUT2D eigenvalue weighted by Gasteiger charge is -2.17. The SMILES string of the molecule is CCN(CC)CCNC(=O)Nc1cc(C)n(C)n1. The van der Waals surface area contributed by atoms with Crippen LogP contribution in [0.4, 0.5) is 10.6 Å². The van der Waals surface area contributed by atoms with Gasteiger partial charge in [0.1, 0.15) is 0 Å². The zero-order valence-electron chi connectivity index (χ0n) is 11.7. The molecule has 6 heteroatoms. The van der Waals surface area contributed by atoms with Crippen LogP contribution in [0.25, 0.3) is 0 Å². The second-order valence-corrected chi connectivity index (χ2v) is 4.20. The fourth-order valence-corrected chi connectivity index (χ4v) is 1.65. The molecule has 0 radical (unpaired) electrons. The van der Waals surface area contributed by atoms with Gasteiger partial charge in [0.05, 0.1) is 0 Å². The number of amides is 2. The fraction of sp³-hybridized carbons (Fsp3) is 0.667. The number of hydrogen-bond acceptors (Lipinski definition) is 3. The van der Waals surface area contributed by atoms with E-state index in [4.69, 9.17) is 0 Å². The van der Waals surface area contributed by atoms with Crippen molar-refractivity contribution in [2.75, 3.05) is 31.5 Å². The summed E-state index contributed by atoms with van der Waals surface area (Å²) in [6.45, 7) is 9.66. The zero-order valence-corrected chi connectivity index (χ0v) is 11.7. The van der Waals surface area contributed by atoms with Crippen molar-refractivity contribution in [1.29, 1.82) is 0 Å². The largest absolute Gasteiger partial charge is 0.337 e. The Bertz CT molecular complexity index is 364. The van der Waals surface area contributed by atoms with Crippen LogP contribution in [0.15, 0.2) is 6.07 Å². The molecule has 18 heavy (non-hydrogen) atoms. The molecule has 1 aromatic rings. The standard InChI is InChI=1S/C12H23N5O/c1-5-17(6-2)8-7-13-12(18)14-11-9-10(3)16(4)15-11/h9H,5-8H2,1-4H3,(H2,13,14,15,18). The number of nitrogens with zero attached hydrogens (tertiary/aromatic N) is 3. The molecule has 0 aliphatic carbocycles. The average molecular weight is 253 g/mol. The van der Waals surface area contributed by atoms with Gasteiger partial charge in [-0.2, -0.15) is 5.10 Å². The first-order valence-corrected chi connectivity index (χ1v) is 6.34. The minimum Gasteiger partial charge on any atom is -0.337 e. The van der Waals surface area contributed by atoms with Crippen LogP contribution >= 0.6 is 0 Å². The van der Waals surface area contributed by atoms with E-state index >= 15 is 0 Å². The number of carbonyl (C=O) groups is 1. The van der Waals surface area contributed by atoms with Crippen LogP contribution in [-0.4, -0.2) is 46.9 Å². The maximum Gasteiger partial charge on any atom is 0.320 e. The first kappa shape index (κ1) is 14.5. The molecule has 0 fully saturated rings.